The zero-order chi connectivity index (χ0) is 11.5. The summed E-state index contributed by atoms with van der Waals surface area (Å²) in [4.78, 5) is 25.8. The van der Waals surface area contributed by atoms with Crippen LogP contribution in [0.1, 0.15) is 10.9 Å². The molecular formula is C10H14ClN3O2S. The van der Waals surface area contributed by atoms with Crippen molar-refractivity contribution in [1.82, 2.24) is 10.2 Å². The van der Waals surface area contributed by atoms with Gasteiger partial charge >= 0.3 is 0 Å². The molecule has 1 aliphatic rings. The maximum absolute atomic E-state index is 11.8. The molecule has 0 aliphatic carbocycles. The quantitative estimate of drug-likeness (QED) is 0.805. The monoisotopic (exact) mass is 275 g/mol. The summed E-state index contributed by atoms with van der Waals surface area (Å²) in [6.07, 6.45) is 0. The van der Waals surface area contributed by atoms with Gasteiger partial charge in [-0.25, -0.2) is 0 Å². The summed E-state index contributed by atoms with van der Waals surface area (Å²) in [6, 6.07) is 3.22. The Hall–Kier alpha value is -1.11. The maximum atomic E-state index is 11.8. The number of thiophene rings is 1. The number of hydrogen-bond acceptors (Lipinski definition) is 4. The zero-order valence-electron chi connectivity index (χ0n) is 9.09. The Labute approximate surface area is 109 Å². The minimum atomic E-state index is -0.509. The first-order valence-corrected chi connectivity index (χ1v) is 5.92. The molecule has 2 heterocycles. The molecule has 1 atom stereocenters. The van der Waals surface area contributed by atoms with Crippen LogP contribution in [0.25, 0.3) is 0 Å². The highest BCUT2D eigenvalue weighted by atomic mass is 35.5. The van der Waals surface area contributed by atoms with E-state index < -0.39 is 6.04 Å². The fourth-order valence-corrected chi connectivity index (χ4v) is 2.62. The topological polar surface area (TPSA) is 75.4 Å². The predicted octanol–water partition coefficient (Wildman–Crippen LogP) is 0.128. The van der Waals surface area contributed by atoms with E-state index >= 15 is 0 Å². The zero-order valence-corrected chi connectivity index (χ0v) is 10.7. The van der Waals surface area contributed by atoms with Gasteiger partial charge in [0, 0.05) is 18.0 Å². The second kappa shape index (κ2) is 6.00. The first kappa shape index (κ1) is 14.0. The van der Waals surface area contributed by atoms with Crippen molar-refractivity contribution < 1.29 is 9.59 Å². The molecule has 0 radical (unpaired) electrons. The highest BCUT2D eigenvalue weighted by Crippen LogP contribution is 2.26. The van der Waals surface area contributed by atoms with E-state index in [4.69, 9.17) is 5.73 Å². The van der Waals surface area contributed by atoms with Gasteiger partial charge in [-0.15, -0.1) is 23.7 Å². The molecule has 1 unspecified atom stereocenters. The molecule has 1 fully saturated rings. The third kappa shape index (κ3) is 2.77. The number of hydrogen-bond donors (Lipinski definition) is 2. The van der Waals surface area contributed by atoms with Crippen LogP contribution < -0.4 is 11.1 Å². The summed E-state index contributed by atoms with van der Waals surface area (Å²) in [5, 5.41) is 4.65. The smallest absolute Gasteiger partial charge is 0.248 e. The van der Waals surface area contributed by atoms with Gasteiger partial charge in [0.25, 0.3) is 0 Å². The lowest BCUT2D eigenvalue weighted by Crippen LogP contribution is -2.53. The van der Waals surface area contributed by atoms with Crippen LogP contribution in [0, 0.1) is 0 Å². The van der Waals surface area contributed by atoms with Crippen LogP contribution in [-0.4, -0.2) is 36.3 Å². The minimum Gasteiger partial charge on any atom is -0.352 e. The Kier molecular flexibility index (Phi) is 4.92. The van der Waals surface area contributed by atoms with E-state index in [2.05, 4.69) is 5.32 Å². The van der Waals surface area contributed by atoms with Crippen LogP contribution in [-0.2, 0) is 9.59 Å². The average Bonchev–Trinajstić information content (AvgIpc) is 2.81. The average molecular weight is 276 g/mol. The Balaban J connectivity index is 0.00000144. The Bertz CT molecular complexity index is 396. The van der Waals surface area contributed by atoms with Gasteiger partial charge in [-0.3, -0.25) is 9.59 Å². The fraction of sp³-hybridized carbons (Fsp3) is 0.400. The van der Waals surface area contributed by atoms with Crippen molar-refractivity contribution in [2.24, 2.45) is 5.73 Å². The van der Waals surface area contributed by atoms with Gasteiger partial charge in [-0.2, -0.15) is 0 Å². The summed E-state index contributed by atoms with van der Waals surface area (Å²) in [6.45, 7) is 0.950. The van der Waals surface area contributed by atoms with Crippen LogP contribution in [0.3, 0.4) is 0 Å². The first-order valence-electron chi connectivity index (χ1n) is 5.04. The lowest BCUT2D eigenvalue weighted by molar-refractivity contribution is -0.142. The SMILES string of the molecule is Cl.NCC(=O)N1CCNC(=O)C1c1cccs1. The molecule has 1 aromatic rings. The molecular weight excluding hydrogens is 262 g/mol. The molecule has 2 rings (SSSR count). The van der Waals surface area contributed by atoms with Crippen molar-refractivity contribution in [3.8, 4) is 0 Å². The summed E-state index contributed by atoms with van der Waals surface area (Å²) in [5.41, 5.74) is 5.34. The van der Waals surface area contributed by atoms with Crippen molar-refractivity contribution in [2.45, 2.75) is 6.04 Å². The van der Waals surface area contributed by atoms with Crippen molar-refractivity contribution in [3.63, 3.8) is 0 Å². The van der Waals surface area contributed by atoms with E-state index in [-0.39, 0.29) is 30.8 Å². The number of nitrogens with zero attached hydrogens (tertiary/aromatic N) is 1. The third-order valence-electron chi connectivity index (χ3n) is 2.52. The molecule has 94 valence electrons. The number of halogens is 1. The number of nitrogens with one attached hydrogen (secondary N) is 1. The van der Waals surface area contributed by atoms with E-state index in [1.807, 2.05) is 17.5 Å². The van der Waals surface area contributed by atoms with Crippen LogP contribution in [0.4, 0.5) is 0 Å². The van der Waals surface area contributed by atoms with Crippen molar-refractivity contribution >= 4 is 35.6 Å². The molecule has 5 nitrogen and oxygen atoms in total. The number of amides is 2. The van der Waals surface area contributed by atoms with Gasteiger partial charge < -0.3 is 16.0 Å². The fourth-order valence-electron chi connectivity index (χ4n) is 1.78. The number of piperazine rings is 1. The van der Waals surface area contributed by atoms with Gasteiger partial charge in [-0.05, 0) is 11.4 Å². The van der Waals surface area contributed by atoms with Gasteiger partial charge in [0.05, 0.1) is 6.54 Å². The lowest BCUT2D eigenvalue weighted by Gasteiger charge is -2.34. The van der Waals surface area contributed by atoms with E-state index in [0.717, 1.165) is 4.88 Å². The molecule has 7 heteroatoms. The largest absolute Gasteiger partial charge is 0.352 e. The van der Waals surface area contributed by atoms with Gasteiger partial charge in [-0.1, -0.05) is 6.07 Å². The second-order valence-electron chi connectivity index (χ2n) is 3.50. The maximum Gasteiger partial charge on any atom is 0.248 e. The van der Waals surface area contributed by atoms with Crippen LogP contribution in [0.15, 0.2) is 17.5 Å². The van der Waals surface area contributed by atoms with Gasteiger partial charge in [0.1, 0.15) is 6.04 Å². The van der Waals surface area contributed by atoms with Gasteiger partial charge in [0.15, 0.2) is 0 Å². The third-order valence-corrected chi connectivity index (χ3v) is 3.44. The van der Waals surface area contributed by atoms with Crippen LogP contribution in [0.2, 0.25) is 0 Å². The standard InChI is InChI=1S/C10H13N3O2S.ClH/c11-6-8(14)13-4-3-12-10(15)9(13)7-2-1-5-16-7;/h1-2,5,9H,3-4,6,11H2,(H,12,15);1H. The highest BCUT2D eigenvalue weighted by molar-refractivity contribution is 7.10. The second-order valence-corrected chi connectivity index (χ2v) is 4.48. The van der Waals surface area contributed by atoms with Crippen LogP contribution >= 0.6 is 23.7 Å². The molecule has 1 aromatic heterocycles. The Morgan fingerprint density at radius 2 is 2.41 bits per heavy atom. The molecule has 17 heavy (non-hydrogen) atoms. The minimum absolute atomic E-state index is 0. The van der Waals surface area contributed by atoms with E-state index in [1.165, 1.54) is 11.3 Å². The van der Waals surface area contributed by atoms with E-state index in [9.17, 15) is 9.59 Å². The van der Waals surface area contributed by atoms with Gasteiger partial charge in [0.2, 0.25) is 11.8 Å². The molecule has 1 saturated heterocycles. The highest BCUT2D eigenvalue weighted by Gasteiger charge is 2.34. The van der Waals surface area contributed by atoms with Crippen LogP contribution in [0.5, 0.6) is 0 Å². The number of carbonyl (C=O) groups excluding carboxylic acids is 2. The molecule has 3 N–H and O–H groups in total. The van der Waals surface area contributed by atoms with Crippen molar-refractivity contribution in [1.29, 1.82) is 0 Å². The Morgan fingerprint density at radius 1 is 1.65 bits per heavy atom. The van der Waals surface area contributed by atoms with Crippen molar-refractivity contribution in [2.75, 3.05) is 19.6 Å². The van der Waals surface area contributed by atoms with E-state index in [0.29, 0.717) is 13.1 Å². The summed E-state index contributed by atoms with van der Waals surface area (Å²) in [5.74, 6) is -0.316. The summed E-state index contributed by atoms with van der Waals surface area (Å²) >= 11 is 1.47. The molecule has 1 aliphatic heterocycles. The number of rotatable bonds is 2. The molecule has 0 saturated carbocycles. The Morgan fingerprint density at radius 3 is 3.00 bits per heavy atom. The number of carbonyl (C=O) groups is 2. The predicted molar refractivity (Wildman–Crippen MR) is 68.1 cm³/mol. The summed E-state index contributed by atoms with van der Waals surface area (Å²) in [7, 11) is 0. The van der Waals surface area contributed by atoms with E-state index in [1.54, 1.807) is 4.90 Å². The molecule has 0 spiro atoms. The summed E-state index contributed by atoms with van der Waals surface area (Å²) < 4.78 is 0. The number of nitrogens with two attached hydrogens (primary N) is 1. The van der Waals surface area contributed by atoms with Crippen molar-refractivity contribution in [3.05, 3.63) is 22.4 Å². The molecule has 2 amide bonds. The first-order chi connectivity index (χ1) is 7.74. The normalized spacial score (nSPS) is 19.5. The molecule has 0 aromatic carbocycles. The lowest BCUT2D eigenvalue weighted by atomic mass is 10.1. The molecule has 0 bridgehead atoms.